The molecule has 1 aromatic rings. The lowest BCUT2D eigenvalue weighted by atomic mass is 10.0. The molecule has 1 N–H and O–H groups in total. The first-order chi connectivity index (χ1) is 9.45. The van der Waals surface area contributed by atoms with Gasteiger partial charge in [-0.3, -0.25) is 4.79 Å². The summed E-state index contributed by atoms with van der Waals surface area (Å²) in [4.78, 5) is 12.1. The van der Waals surface area contributed by atoms with Crippen molar-refractivity contribution < 1.29 is 0 Å². The quantitative estimate of drug-likeness (QED) is 0.774. The number of aromatic nitrogens is 2. The van der Waals surface area contributed by atoms with Crippen LogP contribution in [0.25, 0.3) is 0 Å². The molecule has 0 aromatic carbocycles. The van der Waals surface area contributed by atoms with Gasteiger partial charge in [-0.1, -0.05) is 33.6 Å². The maximum atomic E-state index is 12.1. The summed E-state index contributed by atoms with van der Waals surface area (Å²) < 4.78 is 2.08. The molecule has 4 nitrogen and oxygen atoms in total. The molecule has 0 bridgehead atoms. The van der Waals surface area contributed by atoms with Gasteiger partial charge in [-0.25, -0.2) is 4.68 Å². The van der Waals surface area contributed by atoms with Gasteiger partial charge >= 0.3 is 0 Å². The van der Waals surface area contributed by atoms with E-state index >= 15 is 0 Å². The molecule has 0 aliphatic carbocycles. The van der Waals surface area contributed by atoms with Crippen LogP contribution in [0.15, 0.2) is 15.5 Å². The van der Waals surface area contributed by atoms with E-state index in [4.69, 9.17) is 0 Å². The van der Waals surface area contributed by atoms with Crippen molar-refractivity contribution in [1.29, 1.82) is 0 Å². The Labute approximate surface area is 130 Å². The van der Waals surface area contributed by atoms with Gasteiger partial charge in [0.1, 0.15) is 4.47 Å². The Bertz CT molecular complexity index is 471. The predicted octanol–water partition coefficient (Wildman–Crippen LogP) is 4.04. The Balaban J connectivity index is 2.64. The van der Waals surface area contributed by atoms with Crippen molar-refractivity contribution in [2.45, 2.75) is 66.0 Å². The van der Waals surface area contributed by atoms with Crippen LogP contribution in [0.4, 0.5) is 5.69 Å². The van der Waals surface area contributed by atoms with Crippen LogP contribution in [0.5, 0.6) is 0 Å². The first kappa shape index (κ1) is 17.2. The fraction of sp³-hybridized carbons (Fsp3) is 0.733. The molecule has 0 fully saturated rings. The maximum Gasteiger partial charge on any atom is 0.283 e. The van der Waals surface area contributed by atoms with Gasteiger partial charge < -0.3 is 5.32 Å². The summed E-state index contributed by atoms with van der Waals surface area (Å²) in [6.07, 6.45) is 6.17. The highest BCUT2D eigenvalue weighted by molar-refractivity contribution is 9.10. The average Bonchev–Trinajstić information content (AvgIpc) is 2.38. The second-order valence-corrected chi connectivity index (χ2v) is 6.56. The number of halogens is 1. The van der Waals surface area contributed by atoms with Crippen LogP contribution in [-0.4, -0.2) is 15.8 Å². The van der Waals surface area contributed by atoms with E-state index < -0.39 is 0 Å². The minimum atomic E-state index is -0.0637. The molecule has 0 amide bonds. The van der Waals surface area contributed by atoms with Gasteiger partial charge in [0.15, 0.2) is 0 Å². The highest BCUT2D eigenvalue weighted by Crippen LogP contribution is 2.19. The zero-order valence-corrected chi connectivity index (χ0v) is 14.5. The van der Waals surface area contributed by atoms with Crippen molar-refractivity contribution in [3.8, 4) is 0 Å². The van der Waals surface area contributed by atoms with Gasteiger partial charge in [0, 0.05) is 12.6 Å². The number of nitrogens with one attached hydrogen (secondary N) is 1. The van der Waals surface area contributed by atoms with E-state index in [1.165, 1.54) is 17.5 Å². The monoisotopic (exact) mass is 343 g/mol. The first-order valence-corrected chi connectivity index (χ1v) is 8.27. The van der Waals surface area contributed by atoms with E-state index in [2.05, 4.69) is 47.1 Å². The second kappa shape index (κ2) is 8.45. The third-order valence-corrected chi connectivity index (χ3v) is 4.01. The van der Waals surface area contributed by atoms with Crippen LogP contribution in [0.2, 0.25) is 0 Å². The smallest absolute Gasteiger partial charge is 0.283 e. The minimum absolute atomic E-state index is 0.0637. The van der Waals surface area contributed by atoms with Crippen LogP contribution < -0.4 is 10.9 Å². The number of hydrogen-bond donors (Lipinski definition) is 1. The average molecular weight is 344 g/mol. The van der Waals surface area contributed by atoms with E-state index in [1.54, 1.807) is 6.20 Å². The fourth-order valence-electron chi connectivity index (χ4n) is 2.11. The number of hydrogen-bond acceptors (Lipinski definition) is 3. The van der Waals surface area contributed by atoms with E-state index in [0.29, 0.717) is 17.1 Å². The fourth-order valence-corrected chi connectivity index (χ4v) is 2.53. The van der Waals surface area contributed by atoms with Crippen molar-refractivity contribution in [2.24, 2.45) is 5.92 Å². The maximum absolute atomic E-state index is 12.1. The second-order valence-electron chi connectivity index (χ2n) is 5.77. The summed E-state index contributed by atoms with van der Waals surface area (Å²) >= 11 is 3.39. The Kier molecular flexibility index (Phi) is 7.27. The minimum Gasteiger partial charge on any atom is -0.380 e. The van der Waals surface area contributed by atoms with Crippen LogP contribution in [0.1, 0.15) is 53.4 Å². The molecule has 0 aliphatic heterocycles. The summed E-state index contributed by atoms with van der Waals surface area (Å²) in [5.74, 6) is 0.744. The van der Waals surface area contributed by atoms with Crippen LogP contribution >= 0.6 is 15.9 Å². The summed E-state index contributed by atoms with van der Waals surface area (Å²) in [7, 11) is 0. The molecule has 0 radical (unpaired) electrons. The highest BCUT2D eigenvalue weighted by atomic mass is 79.9. The zero-order valence-electron chi connectivity index (χ0n) is 12.9. The molecule has 1 rings (SSSR count). The highest BCUT2D eigenvalue weighted by Gasteiger charge is 2.10. The number of rotatable bonds is 8. The summed E-state index contributed by atoms with van der Waals surface area (Å²) in [6.45, 7) is 9.31. The Morgan fingerprint density at radius 2 is 2.05 bits per heavy atom. The standard InChI is InChI=1S/C15H26BrN3O/c1-5-9-19-15(20)14(16)13(10-17-19)18-12(4)8-6-7-11(2)3/h10-12,18H,5-9H2,1-4H3. The predicted molar refractivity (Wildman–Crippen MR) is 88.3 cm³/mol. The third kappa shape index (κ3) is 5.27. The molecule has 1 unspecified atom stereocenters. The molecule has 20 heavy (non-hydrogen) atoms. The van der Waals surface area contributed by atoms with Crippen molar-refractivity contribution >= 4 is 21.6 Å². The molecule has 0 spiro atoms. The van der Waals surface area contributed by atoms with Gasteiger partial charge in [0.25, 0.3) is 5.56 Å². The molecule has 0 saturated heterocycles. The lowest BCUT2D eigenvalue weighted by molar-refractivity contribution is 0.519. The largest absolute Gasteiger partial charge is 0.380 e. The number of nitrogens with zero attached hydrogens (tertiary/aromatic N) is 2. The van der Waals surface area contributed by atoms with Gasteiger partial charge in [0.2, 0.25) is 0 Å². The van der Waals surface area contributed by atoms with Crippen molar-refractivity contribution in [3.63, 3.8) is 0 Å². The molecule has 5 heteroatoms. The SMILES string of the molecule is CCCn1ncc(NC(C)CCCC(C)C)c(Br)c1=O. The van der Waals surface area contributed by atoms with Gasteiger partial charge in [-0.05, 0) is 41.6 Å². The molecule has 1 heterocycles. The van der Waals surface area contributed by atoms with E-state index in [0.717, 1.165) is 24.4 Å². The van der Waals surface area contributed by atoms with Crippen LogP contribution in [0.3, 0.4) is 0 Å². The van der Waals surface area contributed by atoms with E-state index in [9.17, 15) is 4.79 Å². The zero-order chi connectivity index (χ0) is 15.1. The Morgan fingerprint density at radius 1 is 1.35 bits per heavy atom. The number of aryl methyl sites for hydroxylation is 1. The lowest BCUT2D eigenvalue weighted by Gasteiger charge is -2.17. The summed E-state index contributed by atoms with van der Waals surface area (Å²) in [5, 5.41) is 7.57. The van der Waals surface area contributed by atoms with Gasteiger partial charge in [-0.15, -0.1) is 0 Å². The van der Waals surface area contributed by atoms with Gasteiger partial charge in [0.05, 0.1) is 11.9 Å². The molecular formula is C15H26BrN3O. The molecular weight excluding hydrogens is 318 g/mol. The summed E-state index contributed by atoms with van der Waals surface area (Å²) in [6, 6.07) is 0.341. The molecule has 1 atom stereocenters. The van der Waals surface area contributed by atoms with Crippen LogP contribution in [-0.2, 0) is 6.54 Å². The topological polar surface area (TPSA) is 46.9 Å². The lowest BCUT2D eigenvalue weighted by Crippen LogP contribution is -2.26. The van der Waals surface area contributed by atoms with E-state index in [1.807, 2.05) is 6.92 Å². The summed E-state index contributed by atoms with van der Waals surface area (Å²) in [5.41, 5.74) is 0.727. The van der Waals surface area contributed by atoms with Crippen molar-refractivity contribution in [2.75, 3.05) is 5.32 Å². The number of anilines is 1. The van der Waals surface area contributed by atoms with Crippen molar-refractivity contribution in [1.82, 2.24) is 9.78 Å². The van der Waals surface area contributed by atoms with Gasteiger partial charge in [-0.2, -0.15) is 5.10 Å². The Morgan fingerprint density at radius 3 is 2.65 bits per heavy atom. The third-order valence-electron chi connectivity index (χ3n) is 3.24. The van der Waals surface area contributed by atoms with Crippen LogP contribution in [0, 0.1) is 5.92 Å². The normalized spacial score (nSPS) is 12.7. The molecule has 0 aliphatic rings. The Hall–Kier alpha value is -0.840. The van der Waals surface area contributed by atoms with E-state index in [-0.39, 0.29) is 5.56 Å². The first-order valence-electron chi connectivity index (χ1n) is 7.47. The molecule has 1 aromatic heterocycles. The van der Waals surface area contributed by atoms with Crippen molar-refractivity contribution in [3.05, 3.63) is 21.0 Å². The molecule has 114 valence electrons. The molecule has 0 saturated carbocycles.